The highest BCUT2D eigenvalue weighted by atomic mass is 32.2. The van der Waals surface area contributed by atoms with Crippen molar-refractivity contribution in [2.45, 2.75) is 45.8 Å². The Morgan fingerprint density at radius 3 is 2.50 bits per heavy atom. The molecule has 0 spiro atoms. The number of rotatable bonds is 5. The van der Waals surface area contributed by atoms with Crippen molar-refractivity contribution >= 4 is 10.0 Å². The summed E-state index contributed by atoms with van der Waals surface area (Å²) in [5, 5.41) is 10.5. The third-order valence-corrected chi connectivity index (χ3v) is 7.65. The summed E-state index contributed by atoms with van der Waals surface area (Å²) in [5.74, 6) is 0.462. The van der Waals surface area contributed by atoms with Crippen LogP contribution in [0.5, 0.6) is 0 Å². The van der Waals surface area contributed by atoms with E-state index in [0.29, 0.717) is 12.5 Å². The Labute approximate surface area is 133 Å². The normalized spacial score (nSPS) is 33.2. The molecule has 22 heavy (non-hydrogen) atoms. The number of aliphatic hydroxyl groups excluding tert-OH is 1. The number of benzene rings is 1. The summed E-state index contributed by atoms with van der Waals surface area (Å²) in [6, 6.07) is 9.51. The summed E-state index contributed by atoms with van der Waals surface area (Å²) >= 11 is 0. The molecule has 1 aromatic carbocycles. The van der Waals surface area contributed by atoms with E-state index in [4.69, 9.17) is 0 Å². The van der Waals surface area contributed by atoms with Crippen LogP contribution in [0.25, 0.3) is 0 Å². The molecule has 0 aromatic heterocycles. The van der Waals surface area contributed by atoms with Crippen LogP contribution in [0.2, 0.25) is 0 Å². The second-order valence-corrected chi connectivity index (χ2v) is 9.24. The molecule has 0 unspecified atom stereocenters. The van der Waals surface area contributed by atoms with Gasteiger partial charge in [0, 0.05) is 12.0 Å². The molecule has 4 nitrogen and oxygen atoms in total. The van der Waals surface area contributed by atoms with Crippen molar-refractivity contribution < 1.29 is 13.5 Å². The van der Waals surface area contributed by atoms with Crippen molar-refractivity contribution in [3.8, 4) is 0 Å². The molecule has 0 heterocycles. The average molecular weight is 323 g/mol. The van der Waals surface area contributed by atoms with Gasteiger partial charge >= 0.3 is 0 Å². The van der Waals surface area contributed by atoms with Crippen LogP contribution in [-0.2, 0) is 16.6 Å². The summed E-state index contributed by atoms with van der Waals surface area (Å²) in [6.07, 6.45) is 2.06. The molecule has 2 bridgehead atoms. The highest BCUT2D eigenvalue weighted by Crippen LogP contribution is 2.65. The van der Waals surface area contributed by atoms with Gasteiger partial charge in [-0.1, -0.05) is 44.2 Å². The fourth-order valence-corrected chi connectivity index (χ4v) is 6.43. The van der Waals surface area contributed by atoms with Crippen molar-refractivity contribution in [1.82, 2.24) is 4.72 Å². The van der Waals surface area contributed by atoms with Gasteiger partial charge < -0.3 is 5.11 Å². The summed E-state index contributed by atoms with van der Waals surface area (Å²) in [7, 11) is -3.42. The zero-order valence-corrected chi connectivity index (χ0v) is 14.1. The first-order valence-electron chi connectivity index (χ1n) is 7.96. The van der Waals surface area contributed by atoms with E-state index in [2.05, 4.69) is 18.6 Å². The molecule has 3 atom stereocenters. The standard InChI is InChI=1S/C17H25NO3S/c1-16(2)14-8-9-17(16,15(19)10-14)12-22(20,21)18-11-13-6-4-3-5-7-13/h3-7,14-15,18-19H,8-12H2,1-2H3/t14-,15+,17+/m0/s1. The van der Waals surface area contributed by atoms with Gasteiger partial charge in [-0.15, -0.1) is 0 Å². The molecule has 0 aliphatic heterocycles. The third-order valence-electron chi connectivity index (χ3n) is 6.18. The lowest BCUT2D eigenvalue weighted by Crippen LogP contribution is -2.47. The predicted molar refractivity (Wildman–Crippen MR) is 86.6 cm³/mol. The molecule has 122 valence electrons. The van der Waals surface area contributed by atoms with E-state index in [1.807, 2.05) is 30.3 Å². The molecule has 3 rings (SSSR count). The van der Waals surface area contributed by atoms with Crippen LogP contribution in [0.3, 0.4) is 0 Å². The van der Waals surface area contributed by atoms with E-state index in [1.54, 1.807) is 0 Å². The maximum absolute atomic E-state index is 12.6. The molecule has 0 amide bonds. The number of nitrogens with one attached hydrogen (secondary N) is 1. The topological polar surface area (TPSA) is 66.4 Å². The van der Waals surface area contributed by atoms with E-state index in [-0.39, 0.29) is 11.2 Å². The number of fused-ring (bicyclic) bond motifs is 2. The molecule has 2 N–H and O–H groups in total. The van der Waals surface area contributed by atoms with Crippen molar-refractivity contribution in [3.05, 3.63) is 35.9 Å². The van der Waals surface area contributed by atoms with Gasteiger partial charge in [-0.3, -0.25) is 0 Å². The van der Waals surface area contributed by atoms with E-state index in [1.165, 1.54) is 0 Å². The number of hydrogen-bond acceptors (Lipinski definition) is 3. The molecule has 2 aliphatic rings. The SMILES string of the molecule is CC1(C)[C@H]2CC[C@@]1(CS(=O)(=O)NCc1ccccc1)[C@H](O)C2. The molecule has 0 radical (unpaired) electrons. The highest BCUT2D eigenvalue weighted by Gasteiger charge is 2.64. The van der Waals surface area contributed by atoms with E-state index in [9.17, 15) is 13.5 Å². The van der Waals surface area contributed by atoms with Gasteiger partial charge in [-0.2, -0.15) is 0 Å². The van der Waals surface area contributed by atoms with Crippen LogP contribution in [0.1, 0.15) is 38.7 Å². The zero-order chi connectivity index (χ0) is 16.0. The van der Waals surface area contributed by atoms with Gasteiger partial charge in [0.25, 0.3) is 0 Å². The minimum absolute atomic E-state index is 0.0253. The number of hydrogen-bond donors (Lipinski definition) is 2. The predicted octanol–water partition coefficient (Wildman–Crippen LogP) is 2.29. The molecule has 1 aromatic rings. The van der Waals surface area contributed by atoms with E-state index >= 15 is 0 Å². The van der Waals surface area contributed by atoms with E-state index < -0.39 is 21.5 Å². The fourth-order valence-electron chi connectivity index (χ4n) is 4.56. The quantitative estimate of drug-likeness (QED) is 0.874. The first kappa shape index (κ1) is 16.0. The van der Waals surface area contributed by atoms with Crippen molar-refractivity contribution in [2.75, 3.05) is 5.75 Å². The molecular formula is C17H25NO3S. The Kier molecular flexibility index (Phi) is 3.86. The first-order valence-corrected chi connectivity index (χ1v) is 9.61. The van der Waals surface area contributed by atoms with Gasteiger partial charge in [-0.05, 0) is 36.2 Å². The maximum atomic E-state index is 12.6. The molecule has 2 saturated carbocycles. The summed E-state index contributed by atoms with van der Waals surface area (Å²) in [5.41, 5.74) is 0.327. The van der Waals surface area contributed by atoms with Crippen LogP contribution < -0.4 is 4.72 Å². The summed E-state index contributed by atoms with van der Waals surface area (Å²) in [6.45, 7) is 4.54. The van der Waals surface area contributed by atoms with E-state index in [0.717, 1.165) is 24.8 Å². The number of sulfonamides is 1. The Morgan fingerprint density at radius 1 is 1.27 bits per heavy atom. The Bertz CT molecular complexity index is 641. The van der Waals surface area contributed by atoms with Gasteiger partial charge in [0.15, 0.2) is 0 Å². The first-order chi connectivity index (χ1) is 10.3. The van der Waals surface area contributed by atoms with Crippen molar-refractivity contribution in [2.24, 2.45) is 16.7 Å². The largest absolute Gasteiger partial charge is 0.392 e. The lowest BCUT2D eigenvalue weighted by Gasteiger charge is -2.40. The van der Waals surface area contributed by atoms with Crippen LogP contribution >= 0.6 is 0 Å². The lowest BCUT2D eigenvalue weighted by molar-refractivity contribution is 0.0152. The molecular weight excluding hydrogens is 298 g/mol. The zero-order valence-electron chi connectivity index (χ0n) is 13.2. The Balaban J connectivity index is 1.74. The van der Waals surface area contributed by atoms with Crippen LogP contribution in [-0.4, -0.2) is 25.4 Å². The molecule has 5 heteroatoms. The van der Waals surface area contributed by atoms with Gasteiger partial charge in [0.05, 0.1) is 11.9 Å². The second kappa shape index (κ2) is 5.32. The second-order valence-electron chi connectivity index (χ2n) is 7.43. The fraction of sp³-hybridized carbons (Fsp3) is 0.647. The van der Waals surface area contributed by atoms with Crippen molar-refractivity contribution in [1.29, 1.82) is 0 Å². The van der Waals surface area contributed by atoms with Crippen LogP contribution in [0.4, 0.5) is 0 Å². The molecule has 2 aliphatic carbocycles. The van der Waals surface area contributed by atoms with Gasteiger partial charge in [0.2, 0.25) is 10.0 Å². The smallest absolute Gasteiger partial charge is 0.212 e. The van der Waals surface area contributed by atoms with Gasteiger partial charge in [-0.25, -0.2) is 13.1 Å². The minimum Gasteiger partial charge on any atom is -0.392 e. The summed E-state index contributed by atoms with van der Waals surface area (Å²) in [4.78, 5) is 0. The molecule has 2 fully saturated rings. The van der Waals surface area contributed by atoms with Crippen LogP contribution in [0, 0.1) is 16.7 Å². The van der Waals surface area contributed by atoms with Gasteiger partial charge in [0.1, 0.15) is 0 Å². The van der Waals surface area contributed by atoms with Crippen LogP contribution in [0.15, 0.2) is 30.3 Å². The average Bonchev–Trinajstić information content (AvgIpc) is 2.80. The monoisotopic (exact) mass is 323 g/mol. The number of aliphatic hydroxyl groups is 1. The lowest BCUT2D eigenvalue weighted by atomic mass is 9.70. The highest BCUT2D eigenvalue weighted by molar-refractivity contribution is 7.89. The Morgan fingerprint density at radius 2 is 1.95 bits per heavy atom. The Hall–Kier alpha value is -0.910. The third kappa shape index (κ3) is 2.49. The summed E-state index contributed by atoms with van der Waals surface area (Å²) < 4.78 is 27.8. The van der Waals surface area contributed by atoms with Crippen molar-refractivity contribution in [3.63, 3.8) is 0 Å². The minimum atomic E-state index is -3.42. The maximum Gasteiger partial charge on any atom is 0.212 e. The molecule has 0 saturated heterocycles.